The summed E-state index contributed by atoms with van der Waals surface area (Å²) in [5.74, 6) is -0.232. The number of ether oxygens (including phenoxy) is 1. The van der Waals surface area contributed by atoms with Gasteiger partial charge in [-0.3, -0.25) is 9.69 Å². The molecule has 0 N–H and O–H groups in total. The van der Waals surface area contributed by atoms with Crippen molar-refractivity contribution in [3.05, 3.63) is 0 Å². The number of hydrogen-bond donors (Lipinski definition) is 0. The van der Waals surface area contributed by atoms with Crippen LogP contribution in [0, 0.1) is 11.3 Å². The second kappa shape index (κ2) is 7.24. The van der Waals surface area contributed by atoms with E-state index < -0.39 is 0 Å². The van der Waals surface area contributed by atoms with Crippen molar-refractivity contribution in [2.24, 2.45) is 0 Å². The van der Waals surface area contributed by atoms with Crippen molar-refractivity contribution in [2.45, 2.75) is 46.2 Å². The van der Waals surface area contributed by atoms with Gasteiger partial charge in [-0.25, -0.2) is 0 Å². The van der Waals surface area contributed by atoms with Crippen LogP contribution in [0.4, 0.5) is 0 Å². The number of carbonyl (C=O) groups excluding carboxylic acids is 1. The minimum Gasteiger partial charge on any atom is -0.465 e. The standard InChI is InChI=1S/C11H20N2O2/c1-5-10(11(14)15-6-2)13(8-7-12)9(3)4/h9-10H,5-6,8H2,1-4H3. The minimum atomic E-state index is -0.301. The molecule has 0 aliphatic carbocycles. The summed E-state index contributed by atoms with van der Waals surface area (Å²) in [5.41, 5.74) is 0. The average Bonchev–Trinajstić information content (AvgIpc) is 2.18. The van der Waals surface area contributed by atoms with E-state index in [0.29, 0.717) is 13.0 Å². The third-order valence-corrected chi connectivity index (χ3v) is 2.26. The molecule has 15 heavy (non-hydrogen) atoms. The molecule has 0 bridgehead atoms. The Hall–Kier alpha value is -1.08. The molecule has 0 radical (unpaired) electrons. The van der Waals surface area contributed by atoms with Gasteiger partial charge in [0.05, 0.1) is 19.2 Å². The van der Waals surface area contributed by atoms with Crippen molar-refractivity contribution >= 4 is 5.97 Å². The normalized spacial score (nSPS) is 12.6. The highest BCUT2D eigenvalue weighted by molar-refractivity contribution is 5.75. The van der Waals surface area contributed by atoms with E-state index in [4.69, 9.17) is 10.00 Å². The van der Waals surface area contributed by atoms with Crippen molar-refractivity contribution in [1.82, 2.24) is 4.90 Å². The predicted molar refractivity (Wildman–Crippen MR) is 58.2 cm³/mol. The number of esters is 1. The lowest BCUT2D eigenvalue weighted by Crippen LogP contribution is -2.45. The molecule has 0 fully saturated rings. The number of carbonyl (C=O) groups is 1. The first-order chi connectivity index (χ1) is 7.08. The Balaban J connectivity index is 4.59. The summed E-state index contributed by atoms with van der Waals surface area (Å²) in [6, 6.07) is 1.94. The first-order valence-electron chi connectivity index (χ1n) is 5.37. The summed E-state index contributed by atoms with van der Waals surface area (Å²) >= 11 is 0. The average molecular weight is 212 g/mol. The molecule has 0 saturated carbocycles. The fourth-order valence-electron chi connectivity index (χ4n) is 1.51. The van der Waals surface area contributed by atoms with Crippen molar-refractivity contribution < 1.29 is 9.53 Å². The van der Waals surface area contributed by atoms with Crippen LogP contribution >= 0.6 is 0 Å². The van der Waals surface area contributed by atoms with Crippen LogP contribution in [0.1, 0.15) is 34.1 Å². The minimum absolute atomic E-state index is 0.166. The zero-order chi connectivity index (χ0) is 11.8. The van der Waals surface area contributed by atoms with Crippen LogP contribution in [-0.2, 0) is 9.53 Å². The fourth-order valence-corrected chi connectivity index (χ4v) is 1.51. The van der Waals surface area contributed by atoms with Gasteiger partial charge in [0.25, 0.3) is 0 Å². The molecular formula is C11H20N2O2. The van der Waals surface area contributed by atoms with Gasteiger partial charge in [-0.15, -0.1) is 0 Å². The van der Waals surface area contributed by atoms with Gasteiger partial charge in [0.1, 0.15) is 6.04 Å². The van der Waals surface area contributed by atoms with Gasteiger partial charge in [-0.2, -0.15) is 5.26 Å². The Morgan fingerprint density at radius 1 is 1.47 bits per heavy atom. The molecule has 4 nitrogen and oxygen atoms in total. The first-order valence-corrected chi connectivity index (χ1v) is 5.37. The van der Waals surface area contributed by atoms with Crippen LogP contribution in [0.25, 0.3) is 0 Å². The highest BCUT2D eigenvalue weighted by atomic mass is 16.5. The lowest BCUT2D eigenvalue weighted by molar-refractivity contribution is -0.150. The van der Waals surface area contributed by atoms with E-state index in [0.717, 1.165) is 0 Å². The van der Waals surface area contributed by atoms with Crippen LogP contribution in [0.2, 0.25) is 0 Å². The van der Waals surface area contributed by atoms with E-state index in [-0.39, 0.29) is 24.6 Å². The molecule has 0 aromatic carbocycles. The maximum atomic E-state index is 11.6. The molecule has 1 unspecified atom stereocenters. The molecule has 0 aliphatic rings. The summed E-state index contributed by atoms with van der Waals surface area (Å²) in [5, 5.41) is 8.70. The molecule has 1 atom stereocenters. The zero-order valence-corrected chi connectivity index (χ0v) is 9.99. The van der Waals surface area contributed by atoms with Gasteiger partial charge in [0.15, 0.2) is 0 Å². The maximum absolute atomic E-state index is 11.6. The first kappa shape index (κ1) is 13.9. The number of rotatable bonds is 6. The van der Waals surface area contributed by atoms with Crippen molar-refractivity contribution in [2.75, 3.05) is 13.2 Å². The monoisotopic (exact) mass is 212 g/mol. The molecule has 0 aliphatic heterocycles. The van der Waals surface area contributed by atoms with Gasteiger partial charge in [0, 0.05) is 6.04 Å². The van der Waals surface area contributed by atoms with Gasteiger partial charge >= 0.3 is 5.97 Å². The SMILES string of the molecule is CCOC(=O)C(CC)N(CC#N)C(C)C. The van der Waals surface area contributed by atoms with Gasteiger partial charge in [0.2, 0.25) is 0 Å². The van der Waals surface area contributed by atoms with Crippen LogP contribution < -0.4 is 0 Å². The predicted octanol–water partition coefficient (Wildman–Crippen LogP) is 1.56. The third kappa shape index (κ3) is 4.30. The Kier molecular flexibility index (Phi) is 6.72. The smallest absolute Gasteiger partial charge is 0.323 e. The Morgan fingerprint density at radius 2 is 2.07 bits per heavy atom. The summed E-state index contributed by atoms with van der Waals surface area (Å²) in [7, 11) is 0. The van der Waals surface area contributed by atoms with E-state index in [1.807, 2.05) is 25.7 Å². The zero-order valence-electron chi connectivity index (χ0n) is 9.99. The quantitative estimate of drug-likeness (QED) is 0.495. The highest BCUT2D eigenvalue weighted by Crippen LogP contribution is 2.10. The Morgan fingerprint density at radius 3 is 2.40 bits per heavy atom. The third-order valence-electron chi connectivity index (χ3n) is 2.26. The molecule has 86 valence electrons. The van der Waals surface area contributed by atoms with Gasteiger partial charge in [-0.05, 0) is 27.2 Å². The molecule has 0 rings (SSSR count). The summed E-state index contributed by atoms with van der Waals surface area (Å²) in [6.45, 7) is 8.30. The van der Waals surface area contributed by atoms with Crippen LogP contribution in [0.3, 0.4) is 0 Å². The fraction of sp³-hybridized carbons (Fsp3) is 0.818. The molecule has 0 amide bonds. The highest BCUT2D eigenvalue weighted by Gasteiger charge is 2.26. The molecule has 0 aromatic rings. The second-order valence-corrected chi connectivity index (χ2v) is 3.60. The van der Waals surface area contributed by atoms with Crippen molar-refractivity contribution in [1.29, 1.82) is 5.26 Å². The van der Waals surface area contributed by atoms with E-state index >= 15 is 0 Å². The van der Waals surface area contributed by atoms with Gasteiger partial charge in [-0.1, -0.05) is 6.92 Å². The summed E-state index contributed by atoms with van der Waals surface area (Å²) in [4.78, 5) is 13.5. The Labute approximate surface area is 91.8 Å². The number of nitrogens with zero attached hydrogens (tertiary/aromatic N) is 2. The maximum Gasteiger partial charge on any atom is 0.323 e. The van der Waals surface area contributed by atoms with Crippen molar-refractivity contribution in [3.63, 3.8) is 0 Å². The topological polar surface area (TPSA) is 53.3 Å². The Bertz CT molecular complexity index is 233. The van der Waals surface area contributed by atoms with E-state index in [1.165, 1.54) is 0 Å². The molecule has 0 spiro atoms. The molecule has 4 heteroatoms. The molecule has 0 heterocycles. The van der Waals surface area contributed by atoms with Crippen LogP contribution in [-0.4, -0.2) is 36.1 Å². The second-order valence-electron chi connectivity index (χ2n) is 3.60. The molecule has 0 aromatic heterocycles. The van der Waals surface area contributed by atoms with E-state index in [1.54, 1.807) is 6.92 Å². The lowest BCUT2D eigenvalue weighted by Gasteiger charge is -2.30. The van der Waals surface area contributed by atoms with E-state index in [9.17, 15) is 4.79 Å². The number of hydrogen-bond acceptors (Lipinski definition) is 4. The largest absolute Gasteiger partial charge is 0.465 e. The molecule has 0 saturated heterocycles. The van der Waals surface area contributed by atoms with Gasteiger partial charge < -0.3 is 4.74 Å². The summed E-state index contributed by atoms with van der Waals surface area (Å²) < 4.78 is 4.98. The molecular weight excluding hydrogens is 192 g/mol. The van der Waals surface area contributed by atoms with Crippen molar-refractivity contribution in [3.8, 4) is 6.07 Å². The summed E-state index contributed by atoms with van der Waals surface area (Å²) in [6.07, 6.45) is 0.665. The number of nitriles is 1. The lowest BCUT2D eigenvalue weighted by atomic mass is 10.1. The van der Waals surface area contributed by atoms with E-state index in [2.05, 4.69) is 6.07 Å². The van der Waals surface area contributed by atoms with Crippen LogP contribution in [0.5, 0.6) is 0 Å². The van der Waals surface area contributed by atoms with Crippen LogP contribution in [0.15, 0.2) is 0 Å².